The van der Waals surface area contributed by atoms with Crippen LogP contribution in [-0.2, 0) is 24.8 Å². The number of pyridine rings is 1. The first kappa shape index (κ1) is 32.5. The van der Waals surface area contributed by atoms with Gasteiger partial charge < -0.3 is 24.9 Å². The topological polar surface area (TPSA) is 177 Å². The average Bonchev–Trinajstić information content (AvgIpc) is 3.53. The number of nitrogens with one attached hydrogen (secondary N) is 2. The van der Waals surface area contributed by atoms with Crippen LogP contribution in [0.1, 0.15) is 19.3 Å². The van der Waals surface area contributed by atoms with E-state index in [4.69, 9.17) is 14.6 Å². The quantitative estimate of drug-likeness (QED) is 0.270. The van der Waals surface area contributed by atoms with Gasteiger partial charge in [-0.1, -0.05) is 6.07 Å². The molecule has 0 saturated carbocycles. The fourth-order valence-electron chi connectivity index (χ4n) is 4.96. The normalized spacial score (nSPS) is 20.1. The zero-order valence-corrected chi connectivity index (χ0v) is 24.7. The number of piperidine rings is 1. The van der Waals surface area contributed by atoms with E-state index >= 15 is 0 Å². The van der Waals surface area contributed by atoms with Crippen molar-refractivity contribution in [2.24, 2.45) is 5.14 Å². The van der Waals surface area contributed by atoms with Gasteiger partial charge in [0.25, 0.3) is 0 Å². The Kier molecular flexibility index (Phi) is 10.5. The first-order valence-electron chi connectivity index (χ1n) is 12.3. The van der Waals surface area contributed by atoms with Crippen LogP contribution < -0.4 is 15.2 Å². The van der Waals surface area contributed by atoms with Crippen molar-refractivity contribution in [1.29, 1.82) is 0 Å². The number of aromatic nitrogens is 2. The van der Waals surface area contributed by atoms with Gasteiger partial charge in [0.1, 0.15) is 23.4 Å². The van der Waals surface area contributed by atoms with E-state index in [1.807, 2.05) is 0 Å². The molecule has 40 heavy (non-hydrogen) atoms. The number of aliphatic hydroxyl groups excluding tert-OH is 1. The van der Waals surface area contributed by atoms with Crippen LogP contribution in [-0.4, -0.2) is 86.8 Å². The molecule has 2 aliphatic heterocycles. The molecular formula is C24H33Cl2N5O7S2. The van der Waals surface area contributed by atoms with Crippen LogP contribution >= 0.6 is 24.8 Å². The molecule has 222 valence electrons. The second-order valence-electron chi connectivity index (χ2n) is 9.77. The van der Waals surface area contributed by atoms with Crippen molar-refractivity contribution in [3.63, 3.8) is 0 Å². The summed E-state index contributed by atoms with van der Waals surface area (Å²) in [6, 6.07) is 9.20. The van der Waals surface area contributed by atoms with Crippen molar-refractivity contribution in [2.75, 3.05) is 32.8 Å². The minimum Gasteiger partial charge on any atom is -0.491 e. The number of hydrogen-bond donors (Lipinski definition) is 4. The average molecular weight is 639 g/mol. The molecule has 12 nitrogen and oxygen atoms in total. The van der Waals surface area contributed by atoms with E-state index in [2.05, 4.69) is 15.3 Å². The van der Waals surface area contributed by atoms with Crippen LogP contribution in [0.3, 0.4) is 0 Å². The molecule has 0 bridgehead atoms. The lowest BCUT2D eigenvalue weighted by atomic mass is 9.88. The number of fused-ring (bicyclic) bond motifs is 1. The van der Waals surface area contributed by atoms with Crippen LogP contribution in [0.25, 0.3) is 11.0 Å². The van der Waals surface area contributed by atoms with Gasteiger partial charge in [-0.25, -0.2) is 22.0 Å². The number of nitrogens with two attached hydrogens (primary N) is 1. The third-order valence-corrected chi connectivity index (χ3v) is 9.85. The molecule has 2 atom stereocenters. The molecule has 1 spiro atoms. The van der Waals surface area contributed by atoms with Gasteiger partial charge in [0.15, 0.2) is 0 Å². The van der Waals surface area contributed by atoms with Crippen molar-refractivity contribution in [2.45, 2.75) is 46.8 Å². The Hall–Kier alpha value is -2.01. The summed E-state index contributed by atoms with van der Waals surface area (Å²) in [5.74, 6) is 0.295. The van der Waals surface area contributed by atoms with E-state index in [0.29, 0.717) is 55.7 Å². The molecule has 1 aromatic carbocycles. The number of ether oxygens (including phenoxy) is 2. The number of primary sulfonamides is 1. The predicted molar refractivity (Wildman–Crippen MR) is 153 cm³/mol. The van der Waals surface area contributed by atoms with Crippen molar-refractivity contribution < 1.29 is 31.4 Å². The smallest absolute Gasteiger partial charge is 0.244 e. The van der Waals surface area contributed by atoms with Crippen LogP contribution in [0.4, 0.5) is 0 Å². The summed E-state index contributed by atoms with van der Waals surface area (Å²) in [5.41, 5.74) is 0.991. The van der Waals surface area contributed by atoms with E-state index in [1.54, 1.807) is 24.4 Å². The lowest BCUT2D eigenvalue weighted by Gasteiger charge is -2.38. The zero-order valence-electron chi connectivity index (χ0n) is 21.4. The lowest BCUT2D eigenvalue weighted by Crippen LogP contribution is -2.47. The number of rotatable bonds is 9. The number of aliphatic hydroxyl groups is 1. The number of nitrogens with zero attached hydrogens (tertiary/aromatic N) is 2. The Morgan fingerprint density at radius 1 is 1.18 bits per heavy atom. The third-order valence-electron chi connectivity index (χ3n) is 7.07. The summed E-state index contributed by atoms with van der Waals surface area (Å²) in [6.07, 6.45) is 4.16. The number of halogens is 2. The van der Waals surface area contributed by atoms with E-state index in [0.717, 1.165) is 0 Å². The second-order valence-corrected chi connectivity index (χ2v) is 13.3. The zero-order chi connectivity index (χ0) is 27.0. The van der Waals surface area contributed by atoms with E-state index < -0.39 is 31.8 Å². The number of aromatic amines is 1. The summed E-state index contributed by atoms with van der Waals surface area (Å²) in [6.45, 7) is 1.39. The molecule has 5 rings (SSSR count). The Morgan fingerprint density at radius 3 is 2.65 bits per heavy atom. The van der Waals surface area contributed by atoms with Gasteiger partial charge in [-0.05, 0) is 43.5 Å². The highest BCUT2D eigenvalue weighted by molar-refractivity contribution is 7.89. The summed E-state index contributed by atoms with van der Waals surface area (Å²) >= 11 is 0. The van der Waals surface area contributed by atoms with Crippen LogP contribution in [0.15, 0.2) is 58.6 Å². The fourth-order valence-corrected chi connectivity index (χ4v) is 6.92. The Bertz CT molecular complexity index is 1510. The molecule has 2 saturated heterocycles. The van der Waals surface area contributed by atoms with E-state index in [9.17, 15) is 21.9 Å². The predicted octanol–water partition coefficient (Wildman–Crippen LogP) is 1.40. The monoisotopic (exact) mass is 637 g/mol. The minimum atomic E-state index is -3.84. The summed E-state index contributed by atoms with van der Waals surface area (Å²) in [5, 5.41) is 18.8. The molecule has 3 aromatic rings. The number of benzene rings is 1. The number of H-pyrrole nitrogens is 1. The maximum Gasteiger partial charge on any atom is 0.244 e. The molecule has 1 unspecified atom stereocenters. The van der Waals surface area contributed by atoms with Crippen molar-refractivity contribution in [3.8, 4) is 5.75 Å². The largest absolute Gasteiger partial charge is 0.491 e. The lowest BCUT2D eigenvalue weighted by molar-refractivity contribution is -0.0312. The SMILES string of the molecule is Cl.Cl.NS(=O)(=O)c1cccc(OCC(O)CN[C@H]2COC3(CCN(S(=O)(=O)c4cnc5cc[nH]c5c4)CC3)C2)c1. The summed E-state index contributed by atoms with van der Waals surface area (Å²) in [4.78, 5) is 7.34. The molecule has 2 fully saturated rings. The van der Waals surface area contributed by atoms with Crippen LogP contribution in [0, 0.1) is 0 Å². The number of sulfonamides is 2. The molecule has 2 aromatic heterocycles. The molecular weight excluding hydrogens is 605 g/mol. The molecule has 16 heteroatoms. The maximum absolute atomic E-state index is 13.2. The van der Waals surface area contributed by atoms with Gasteiger partial charge in [-0.3, -0.25) is 4.98 Å². The second kappa shape index (κ2) is 12.9. The first-order chi connectivity index (χ1) is 18.0. The fraction of sp³-hybridized carbons (Fsp3) is 0.458. The Morgan fingerprint density at radius 2 is 1.93 bits per heavy atom. The van der Waals surface area contributed by atoms with Crippen molar-refractivity contribution in [3.05, 3.63) is 48.8 Å². The molecule has 5 N–H and O–H groups in total. The Labute approximate surface area is 245 Å². The first-order valence-corrected chi connectivity index (χ1v) is 15.3. The van der Waals surface area contributed by atoms with Crippen LogP contribution in [0.2, 0.25) is 0 Å². The highest BCUT2D eigenvalue weighted by Gasteiger charge is 2.44. The number of hydrogen-bond acceptors (Lipinski definition) is 9. The van der Waals surface area contributed by atoms with Gasteiger partial charge in [-0.15, -0.1) is 24.8 Å². The van der Waals surface area contributed by atoms with E-state index in [-0.39, 0.29) is 53.8 Å². The van der Waals surface area contributed by atoms with Gasteiger partial charge in [0, 0.05) is 44.1 Å². The van der Waals surface area contributed by atoms with Crippen molar-refractivity contribution >= 4 is 55.9 Å². The molecule has 0 radical (unpaired) electrons. The third kappa shape index (κ3) is 7.24. The molecule has 0 aliphatic carbocycles. The minimum absolute atomic E-state index is 0. The highest BCUT2D eigenvalue weighted by atomic mass is 35.5. The van der Waals surface area contributed by atoms with Crippen molar-refractivity contribution in [1.82, 2.24) is 19.6 Å². The van der Waals surface area contributed by atoms with Gasteiger partial charge >= 0.3 is 0 Å². The highest BCUT2D eigenvalue weighted by Crippen LogP contribution is 2.37. The standard InChI is InChI=1S/C24H31N5O7S2.2ClH/c25-37(31,32)20-3-1-2-19(10-20)35-16-18(30)13-27-17-12-24(36-15-17)5-8-29(9-6-24)38(33,34)21-11-23-22(28-14-21)4-7-26-23;;/h1-4,7,10-11,14,17-18,26-27,30H,5-6,8-9,12-13,15-16H2,(H2,25,31,32);2*1H/t17-,18?;;/m1../s1. The molecule has 4 heterocycles. The maximum atomic E-state index is 13.2. The summed E-state index contributed by atoms with van der Waals surface area (Å²) in [7, 11) is -7.50. The summed E-state index contributed by atoms with van der Waals surface area (Å²) < 4.78 is 62.4. The van der Waals surface area contributed by atoms with Crippen LogP contribution in [0.5, 0.6) is 5.75 Å². The molecule has 0 amide bonds. The van der Waals surface area contributed by atoms with Gasteiger partial charge in [0.2, 0.25) is 20.0 Å². The van der Waals surface area contributed by atoms with Gasteiger partial charge in [-0.2, -0.15) is 4.31 Å². The van der Waals surface area contributed by atoms with E-state index in [1.165, 1.54) is 28.7 Å². The Balaban J connectivity index is 0.00000220. The molecule has 2 aliphatic rings. The van der Waals surface area contributed by atoms with Gasteiger partial charge in [0.05, 0.1) is 28.1 Å².